The van der Waals surface area contributed by atoms with Gasteiger partial charge in [0.15, 0.2) is 0 Å². The number of nitrogens with one attached hydrogen (secondary N) is 1. The summed E-state index contributed by atoms with van der Waals surface area (Å²) in [4.78, 5) is 20.3. The lowest BCUT2D eigenvalue weighted by atomic mass is 10.0. The minimum Gasteiger partial charge on any atom is -0.342 e. The molecule has 0 unspecified atom stereocenters. The lowest BCUT2D eigenvalue weighted by Gasteiger charge is -2.32. The van der Waals surface area contributed by atoms with Crippen molar-refractivity contribution in [2.75, 3.05) is 19.6 Å². The van der Waals surface area contributed by atoms with Gasteiger partial charge in [-0.05, 0) is 49.6 Å². The predicted molar refractivity (Wildman–Crippen MR) is 114 cm³/mol. The maximum absolute atomic E-state index is 12.5. The summed E-state index contributed by atoms with van der Waals surface area (Å²) in [5.74, 6) is 1.14. The molecule has 26 heavy (non-hydrogen) atoms. The molecule has 2 aromatic rings. The molecular weight excluding hydrogens is 409 g/mol. The van der Waals surface area contributed by atoms with Gasteiger partial charge in [0, 0.05) is 24.5 Å². The van der Waals surface area contributed by atoms with Gasteiger partial charge in [-0.2, -0.15) is 0 Å². The maximum atomic E-state index is 12.5. The number of halogens is 2. The largest absolute Gasteiger partial charge is 0.342 e. The van der Waals surface area contributed by atoms with Crippen LogP contribution in [-0.4, -0.2) is 41.5 Å². The maximum Gasteiger partial charge on any atom is 0.228 e. The monoisotopic (exact) mass is 433 g/mol. The van der Waals surface area contributed by atoms with Crippen LogP contribution in [-0.2, 0) is 11.2 Å². The van der Waals surface area contributed by atoms with Crippen molar-refractivity contribution in [3.05, 3.63) is 28.6 Å². The second kappa shape index (κ2) is 10.0. The van der Waals surface area contributed by atoms with Gasteiger partial charge in [-0.3, -0.25) is 4.79 Å². The molecule has 3 heterocycles. The van der Waals surface area contributed by atoms with E-state index in [1.807, 2.05) is 16.3 Å². The average Bonchev–Trinajstić information content (AvgIpc) is 3.07. The van der Waals surface area contributed by atoms with Crippen LogP contribution in [0.15, 0.2) is 22.9 Å². The quantitative estimate of drug-likeness (QED) is 0.740. The van der Waals surface area contributed by atoms with E-state index in [1.54, 1.807) is 22.7 Å². The minimum atomic E-state index is 0. The predicted octanol–water partition coefficient (Wildman–Crippen LogP) is 4.25. The molecule has 1 aliphatic heterocycles. The third-order valence-electron chi connectivity index (χ3n) is 4.86. The fraction of sp³-hybridized carbons (Fsp3) is 0.556. The summed E-state index contributed by atoms with van der Waals surface area (Å²) in [6.45, 7) is 2.93. The molecule has 8 heteroatoms. The Kier molecular flexibility index (Phi) is 8.36. The van der Waals surface area contributed by atoms with Gasteiger partial charge in [0.25, 0.3) is 0 Å². The van der Waals surface area contributed by atoms with Crippen LogP contribution in [0.2, 0.25) is 0 Å². The van der Waals surface area contributed by atoms with Crippen LogP contribution in [0, 0.1) is 5.92 Å². The number of likely N-dealkylation sites (tertiary alicyclic amines) is 1. The van der Waals surface area contributed by atoms with Gasteiger partial charge in [-0.25, -0.2) is 4.98 Å². The molecule has 1 aliphatic carbocycles. The van der Waals surface area contributed by atoms with Crippen LogP contribution in [0.1, 0.15) is 31.4 Å². The molecule has 0 radical (unpaired) electrons. The van der Waals surface area contributed by atoms with E-state index in [2.05, 4.69) is 21.7 Å². The van der Waals surface area contributed by atoms with Gasteiger partial charge >= 0.3 is 0 Å². The molecule has 0 atom stereocenters. The highest BCUT2D eigenvalue weighted by Crippen LogP contribution is 2.29. The van der Waals surface area contributed by atoms with Crippen LogP contribution < -0.4 is 5.32 Å². The topological polar surface area (TPSA) is 45.2 Å². The van der Waals surface area contributed by atoms with Crippen LogP contribution in [0.4, 0.5) is 0 Å². The second-order valence-corrected chi connectivity index (χ2v) is 8.61. The summed E-state index contributed by atoms with van der Waals surface area (Å²) in [6.07, 6.45) is 5.38. The van der Waals surface area contributed by atoms with Crippen molar-refractivity contribution in [2.24, 2.45) is 5.92 Å². The van der Waals surface area contributed by atoms with Gasteiger partial charge in [-0.15, -0.1) is 47.5 Å². The normalized spacial score (nSPS) is 17.5. The molecule has 144 valence electrons. The molecule has 4 rings (SSSR count). The molecular formula is C18H25Cl2N3OS2. The third kappa shape index (κ3) is 5.67. The molecule has 1 amide bonds. The zero-order chi connectivity index (χ0) is 16.4. The van der Waals surface area contributed by atoms with Crippen molar-refractivity contribution < 1.29 is 4.79 Å². The fourth-order valence-electron chi connectivity index (χ4n) is 3.16. The fourth-order valence-corrected chi connectivity index (χ4v) is 4.79. The van der Waals surface area contributed by atoms with E-state index in [0.717, 1.165) is 42.6 Å². The molecule has 4 nitrogen and oxygen atoms in total. The zero-order valence-electron chi connectivity index (χ0n) is 14.6. The number of hydrogen-bond acceptors (Lipinski definition) is 5. The molecule has 2 aliphatic rings. The Labute approximate surface area is 175 Å². The average molecular weight is 434 g/mol. The molecule has 1 saturated carbocycles. The van der Waals surface area contributed by atoms with Crippen LogP contribution >= 0.6 is 47.5 Å². The smallest absolute Gasteiger partial charge is 0.228 e. The Morgan fingerprint density at radius 1 is 1.19 bits per heavy atom. The van der Waals surface area contributed by atoms with Crippen molar-refractivity contribution in [3.8, 4) is 9.88 Å². The number of aromatic nitrogens is 1. The first-order valence-electron chi connectivity index (χ1n) is 8.77. The first-order chi connectivity index (χ1) is 11.8. The number of nitrogens with zero attached hydrogens (tertiary/aromatic N) is 2. The van der Waals surface area contributed by atoms with Gasteiger partial charge < -0.3 is 10.2 Å². The number of thiazole rings is 1. The Morgan fingerprint density at radius 3 is 2.62 bits per heavy atom. The van der Waals surface area contributed by atoms with Gasteiger partial charge in [0.05, 0.1) is 17.0 Å². The molecule has 0 bridgehead atoms. The Hall–Kier alpha value is -0.660. The van der Waals surface area contributed by atoms with Crippen molar-refractivity contribution >= 4 is 53.4 Å². The molecule has 2 fully saturated rings. The van der Waals surface area contributed by atoms with E-state index in [9.17, 15) is 4.79 Å². The Bertz CT molecular complexity index is 680. The zero-order valence-corrected chi connectivity index (χ0v) is 17.8. The van der Waals surface area contributed by atoms with Crippen molar-refractivity contribution in [1.82, 2.24) is 15.2 Å². The van der Waals surface area contributed by atoms with Crippen LogP contribution in [0.5, 0.6) is 0 Å². The van der Waals surface area contributed by atoms with Gasteiger partial charge in [0.2, 0.25) is 5.91 Å². The highest BCUT2D eigenvalue weighted by atomic mass is 35.5. The van der Waals surface area contributed by atoms with E-state index in [-0.39, 0.29) is 30.7 Å². The van der Waals surface area contributed by atoms with Crippen molar-refractivity contribution in [1.29, 1.82) is 0 Å². The summed E-state index contributed by atoms with van der Waals surface area (Å²) < 4.78 is 0. The number of thiophene rings is 1. The van der Waals surface area contributed by atoms with Crippen molar-refractivity contribution in [3.63, 3.8) is 0 Å². The molecule has 0 spiro atoms. The molecule has 1 saturated heterocycles. The Balaban J connectivity index is 0.00000121. The summed E-state index contributed by atoms with van der Waals surface area (Å²) in [6, 6.07) is 4.71. The third-order valence-corrected chi connectivity index (χ3v) is 6.79. The minimum absolute atomic E-state index is 0. The van der Waals surface area contributed by atoms with E-state index < -0.39 is 0 Å². The standard InChI is InChI=1S/C18H23N3OS2.2ClH/c22-17(10-15-12-24-18(20-15)16-2-1-9-23-16)21-7-5-14(6-8-21)19-11-13-3-4-13;;/h1-2,9,12-14,19H,3-8,10-11H2;2*1H. The second-order valence-electron chi connectivity index (χ2n) is 6.80. The lowest BCUT2D eigenvalue weighted by molar-refractivity contribution is -0.131. The SMILES string of the molecule is Cl.Cl.O=C(Cc1csc(-c2cccs2)n1)N1CCC(NCC2CC2)CC1. The highest BCUT2D eigenvalue weighted by Gasteiger charge is 2.26. The van der Waals surface area contributed by atoms with Crippen LogP contribution in [0.3, 0.4) is 0 Å². The number of piperidine rings is 1. The Morgan fingerprint density at radius 2 is 1.96 bits per heavy atom. The van der Waals surface area contributed by atoms with E-state index in [1.165, 1.54) is 24.3 Å². The number of carbonyl (C=O) groups excluding carboxylic acids is 1. The summed E-state index contributed by atoms with van der Waals surface area (Å²) in [5, 5.41) is 8.77. The highest BCUT2D eigenvalue weighted by molar-refractivity contribution is 7.20. The number of rotatable bonds is 6. The first kappa shape index (κ1) is 21.6. The number of hydrogen-bond donors (Lipinski definition) is 1. The van der Waals surface area contributed by atoms with E-state index in [4.69, 9.17) is 0 Å². The lowest BCUT2D eigenvalue weighted by Crippen LogP contribution is -2.45. The van der Waals surface area contributed by atoms with Gasteiger partial charge in [-0.1, -0.05) is 6.07 Å². The summed E-state index contributed by atoms with van der Waals surface area (Å²) in [7, 11) is 0. The first-order valence-corrected chi connectivity index (χ1v) is 10.5. The molecule has 0 aromatic carbocycles. The van der Waals surface area contributed by atoms with E-state index >= 15 is 0 Å². The number of carbonyl (C=O) groups is 1. The molecule has 1 N–H and O–H groups in total. The van der Waals surface area contributed by atoms with E-state index in [0.29, 0.717) is 12.5 Å². The summed E-state index contributed by atoms with van der Waals surface area (Å²) >= 11 is 3.32. The number of amides is 1. The van der Waals surface area contributed by atoms with Crippen LogP contribution in [0.25, 0.3) is 9.88 Å². The van der Waals surface area contributed by atoms with Crippen molar-refractivity contribution in [2.45, 2.75) is 38.1 Å². The molecule has 2 aromatic heterocycles. The summed E-state index contributed by atoms with van der Waals surface area (Å²) in [5.41, 5.74) is 0.905. The van der Waals surface area contributed by atoms with Gasteiger partial charge in [0.1, 0.15) is 5.01 Å².